The summed E-state index contributed by atoms with van der Waals surface area (Å²) in [4.78, 5) is 23.8. The van der Waals surface area contributed by atoms with Crippen LogP contribution in [0.3, 0.4) is 0 Å². The van der Waals surface area contributed by atoms with E-state index < -0.39 is 0 Å². The van der Waals surface area contributed by atoms with E-state index in [9.17, 15) is 4.79 Å². The number of imidazole rings is 1. The number of fused-ring (bicyclic) bond motifs is 3. The number of carbonyl (C=O) groups excluding carboxylic acids is 1. The van der Waals surface area contributed by atoms with E-state index in [1.807, 2.05) is 36.1 Å². The second-order valence-electron chi connectivity index (χ2n) is 6.30. The first-order valence-electron chi connectivity index (χ1n) is 8.37. The Bertz CT molecular complexity index is 924. The molecule has 3 aromatic rings. The molecule has 1 aromatic carbocycles. The highest BCUT2D eigenvalue weighted by atomic mass is 16.2. The predicted molar refractivity (Wildman–Crippen MR) is 93.1 cm³/mol. The molecule has 1 aliphatic rings. The van der Waals surface area contributed by atoms with E-state index in [1.54, 1.807) is 0 Å². The maximum absolute atomic E-state index is 12.7. The van der Waals surface area contributed by atoms with Gasteiger partial charge >= 0.3 is 0 Å². The molecular formula is C18H21N5O. The molecule has 1 N–H and O–H groups in total. The van der Waals surface area contributed by atoms with E-state index in [-0.39, 0.29) is 5.91 Å². The van der Waals surface area contributed by atoms with Gasteiger partial charge < -0.3 is 10.2 Å². The first-order chi connectivity index (χ1) is 11.6. The number of piperazine rings is 1. The molecule has 1 aliphatic heterocycles. The third kappa shape index (κ3) is 2.43. The maximum Gasteiger partial charge on any atom is 0.235 e. The largest absolute Gasteiger partial charge is 0.340 e. The van der Waals surface area contributed by atoms with E-state index >= 15 is 0 Å². The van der Waals surface area contributed by atoms with Crippen LogP contribution in [0, 0.1) is 13.8 Å². The average molecular weight is 323 g/mol. The Morgan fingerprint density at radius 2 is 1.92 bits per heavy atom. The molecule has 0 bridgehead atoms. The minimum absolute atomic E-state index is 0.174. The minimum atomic E-state index is 0.174. The van der Waals surface area contributed by atoms with Crippen LogP contribution in [-0.2, 0) is 11.2 Å². The number of hydrogen-bond donors (Lipinski definition) is 1. The number of aromatic nitrogens is 3. The summed E-state index contributed by atoms with van der Waals surface area (Å²) in [5, 5.41) is 3.28. The number of nitrogens with one attached hydrogen (secondary N) is 1. The van der Waals surface area contributed by atoms with E-state index in [0.29, 0.717) is 12.2 Å². The Balaban J connectivity index is 1.77. The van der Waals surface area contributed by atoms with Gasteiger partial charge in [0.25, 0.3) is 0 Å². The van der Waals surface area contributed by atoms with Crippen molar-refractivity contribution in [1.29, 1.82) is 0 Å². The van der Waals surface area contributed by atoms with Crippen LogP contribution in [0.25, 0.3) is 16.8 Å². The lowest BCUT2D eigenvalue weighted by molar-refractivity contribution is -0.131. The average Bonchev–Trinajstić information content (AvgIpc) is 2.97. The number of nitrogens with zero attached hydrogens (tertiary/aromatic N) is 4. The Hall–Kier alpha value is -2.47. The Morgan fingerprint density at radius 1 is 1.17 bits per heavy atom. The minimum Gasteiger partial charge on any atom is -0.340 e. The van der Waals surface area contributed by atoms with Gasteiger partial charge in [0.2, 0.25) is 11.7 Å². The molecule has 24 heavy (non-hydrogen) atoms. The zero-order valence-corrected chi connectivity index (χ0v) is 14.0. The van der Waals surface area contributed by atoms with Crippen molar-refractivity contribution in [2.75, 3.05) is 26.2 Å². The molecule has 4 rings (SSSR count). The standard InChI is InChI=1S/C18H21N5O/c1-12-14(11-17(24)22-9-7-19-8-10-22)13(2)23-16-6-4-3-5-15(16)21-18(23)20-12/h3-6,19H,7-11H2,1-2H3. The van der Waals surface area contributed by atoms with Crippen molar-refractivity contribution in [2.24, 2.45) is 0 Å². The van der Waals surface area contributed by atoms with Crippen molar-refractivity contribution in [3.05, 3.63) is 41.2 Å². The third-order valence-corrected chi connectivity index (χ3v) is 4.82. The van der Waals surface area contributed by atoms with Gasteiger partial charge in [-0.15, -0.1) is 0 Å². The SMILES string of the molecule is Cc1nc2nc3ccccc3n2c(C)c1CC(=O)N1CCNCC1. The summed E-state index contributed by atoms with van der Waals surface area (Å²) in [6.45, 7) is 7.31. The number of para-hydroxylation sites is 2. The Kier molecular flexibility index (Phi) is 3.69. The molecule has 3 heterocycles. The lowest BCUT2D eigenvalue weighted by atomic mass is 10.1. The fourth-order valence-corrected chi connectivity index (χ4v) is 3.47. The molecule has 0 aliphatic carbocycles. The maximum atomic E-state index is 12.7. The molecule has 1 amide bonds. The number of aryl methyl sites for hydroxylation is 2. The van der Waals surface area contributed by atoms with Crippen molar-refractivity contribution < 1.29 is 4.79 Å². The van der Waals surface area contributed by atoms with Crippen LogP contribution in [0.5, 0.6) is 0 Å². The summed E-state index contributed by atoms with van der Waals surface area (Å²) in [5.41, 5.74) is 4.91. The lowest BCUT2D eigenvalue weighted by Crippen LogP contribution is -2.47. The van der Waals surface area contributed by atoms with Crippen LogP contribution < -0.4 is 5.32 Å². The number of benzene rings is 1. The fraction of sp³-hybridized carbons (Fsp3) is 0.389. The van der Waals surface area contributed by atoms with Gasteiger partial charge in [-0.3, -0.25) is 9.20 Å². The molecule has 124 valence electrons. The number of rotatable bonds is 2. The predicted octanol–water partition coefficient (Wildman–Crippen LogP) is 1.47. The van der Waals surface area contributed by atoms with Crippen molar-refractivity contribution in [3.8, 4) is 0 Å². The molecule has 0 unspecified atom stereocenters. The van der Waals surface area contributed by atoms with Gasteiger partial charge in [-0.05, 0) is 26.0 Å². The quantitative estimate of drug-likeness (QED) is 0.776. The van der Waals surface area contributed by atoms with Gasteiger partial charge in [-0.1, -0.05) is 12.1 Å². The summed E-state index contributed by atoms with van der Waals surface area (Å²) >= 11 is 0. The molecule has 0 saturated carbocycles. The third-order valence-electron chi connectivity index (χ3n) is 4.82. The monoisotopic (exact) mass is 323 g/mol. The van der Waals surface area contributed by atoms with Gasteiger partial charge in [0.1, 0.15) is 0 Å². The van der Waals surface area contributed by atoms with Crippen molar-refractivity contribution in [3.63, 3.8) is 0 Å². The van der Waals surface area contributed by atoms with Gasteiger partial charge in [-0.25, -0.2) is 9.97 Å². The highest BCUT2D eigenvalue weighted by molar-refractivity contribution is 5.82. The first-order valence-corrected chi connectivity index (χ1v) is 8.37. The Labute approximate surface area is 140 Å². The van der Waals surface area contributed by atoms with Gasteiger partial charge in [0, 0.05) is 43.1 Å². The van der Waals surface area contributed by atoms with Gasteiger partial charge in [0.05, 0.1) is 17.5 Å². The topological polar surface area (TPSA) is 62.5 Å². The van der Waals surface area contributed by atoms with Crippen LogP contribution in [0.2, 0.25) is 0 Å². The van der Waals surface area contributed by atoms with Crippen LogP contribution in [0.1, 0.15) is 17.0 Å². The highest BCUT2D eigenvalue weighted by Crippen LogP contribution is 2.22. The molecule has 1 saturated heterocycles. The molecule has 0 spiro atoms. The summed E-state index contributed by atoms with van der Waals surface area (Å²) in [7, 11) is 0. The number of carbonyl (C=O) groups is 1. The van der Waals surface area contributed by atoms with Crippen molar-refractivity contribution >= 4 is 22.7 Å². The second kappa shape index (κ2) is 5.87. The fourth-order valence-electron chi connectivity index (χ4n) is 3.47. The first kappa shape index (κ1) is 15.1. The molecule has 6 heteroatoms. The highest BCUT2D eigenvalue weighted by Gasteiger charge is 2.20. The smallest absolute Gasteiger partial charge is 0.235 e. The van der Waals surface area contributed by atoms with E-state index in [1.165, 1.54) is 0 Å². The molecular weight excluding hydrogens is 302 g/mol. The van der Waals surface area contributed by atoms with E-state index in [2.05, 4.69) is 26.6 Å². The summed E-state index contributed by atoms with van der Waals surface area (Å²) in [5.74, 6) is 0.873. The van der Waals surface area contributed by atoms with Crippen molar-refractivity contribution in [2.45, 2.75) is 20.3 Å². The molecule has 2 aromatic heterocycles. The van der Waals surface area contributed by atoms with Crippen LogP contribution >= 0.6 is 0 Å². The number of amides is 1. The van der Waals surface area contributed by atoms with Gasteiger partial charge in [-0.2, -0.15) is 0 Å². The molecule has 1 fully saturated rings. The summed E-state index contributed by atoms with van der Waals surface area (Å²) in [6.07, 6.45) is 0.396. The normalized spacial score (nSPS) is 15.3. The van der Waals surface area contributed by atoms with Crippen LogP contribution in [0.4, 0.5) is 0 Å². The number of hydrogen-bond acceptors (Lipinski definition) is 4. The Morgan fingerprint density at radius 3 is 2.71 bits per heavy atom. The lowest BCUT2D eigenvalue weighted by Gasteiger charge is -2.28. The van der Waals surface area contributed by atoms with Crippen LogP contribution in [-0.4, -0.2) is 51.4 Å². The molecule has 0 atom stereocenters. The molecule has 6 nitrogen and oxygen atoms in total. The zero-order valence-electron chi connectivity index (χ0n) is 14.0. The summed E-state index contributed by atoms with van der Waals surface area (Å²) < 4.78 is 2.06. The van der Waals surface area contributed by atoms with Gasteiger partial charge in [0.15, 0.2) is 0 Å². The van der Waals surface area contributed by atoms with E-state index in [4.69, 9.17) is 0 Å². The van der Waals surface area contributed by atoms with E-state index in [0.717, 1.165) is 54.2 Å². The van der Waals surface area contributed by atoms with Crippen molar-refractivity contribution in [1.82, 2.24) is 24.6 Å². The molecule has 0 radical (unpaired) electrons. The zero-order chi connectivity index (χ0) is 16.7. The summed E-state index contributed by atoms with van der Waals surface area (Å²) in [6, 6.07) is 8.01. The second-order valence-corrected chi connectivity index (χ2v) is 6.30. The van der Waals surface area contributed by atoms with Crippen LogP contribution in [0.15, 0.2) is 24.3 Å².